The quantitative estimate of drug-likeness (QED) is 0.186. The van der Waals surface area contributed by atoms with Crippen LogP contribution < -0.4 is 22.5 Å². The Hall–Kier alpha value is 0.260. The van der Waals surface area contributed by atoms with Gasteiger partial charge in [0.15, 0.2) is 0 Å². The molecule has 0 radical (unpaired) electrons. The Morgan fingerprint density at radius 2 is 1.32 bits per heavy atom. The second-order valence-corrected chi connectivity index (χ2v) is 9.66. The highest BCUT2D eigenvalue weighted by Crippen LogP contribution is 2.33. The van der Waals surface area contributed by atoms with Gasteiger partial charge in [-0.15, -0.1) is 0 Å². The highest BCUT2D eigenvalue weighted by molar-refractivity contribution is 8.09. The third-order valence-corrected chi connectivity index (χ3v) is 8.82. The smallest absolute Gasteiger partial charge is 0.234 e. The molecular formula is C12H24N4O2S4. The number of hydrogen-bond donors (Lipinski definition) is 4. The zero-order valence-corrected chi connectivity index (χ0v) is 15.7. The molecule has 22 heavy (non-hydrogen) atoms. The number of amides is 2. The van der Waals surface area contributed by atoms with E-state index in [1.807, 2.05) is 47.0 Å². The SMILES string of the molecule is NNC(=O)CCSCC1CSC(CSCCC(=O)NN)CS1. The van der Waals surface area contributed by atoms with E-state index in [0.717, 1.165) is 34.5 Å². The average molecular weight is 385 g/mol. The molecule has 1 saturated heterocycles. The van der Waals surface area contributed by atoms with Crippen molar-refractivity contribution in [2.45, 2.75) is 23.3 Å². The normalized spacial score (nSPS) is 21.4. The first-order valence-electron chi connectivity index (χ1n) is 7.03. The van der Waals surface area contributed by atoms with Crippen LogP contribution in [0.3, 0.4) is 0 Å². The van der Waals surface area contributed by atoms with Crippen molar-refractivity contribution in [1.82, 2.24) is 10.9 Å². The van der Waals surface area contributed by atoms with Gasteiger partial charge in [-0.05, 0) is 0 Å². The molecule has 128 valence electrons. The standard InChI is InChI=1S/C12H24N4O2S4/c13-15-11(17)1-3-19-5-9-7-22-10(8-21-9)6-20-4-2-12(18)16-14/h9-10H,1-8,13-14H2,(H,15,17)(H,16,18). The van der Waals surface area contributed by atoms with Gasteiger partial charge in [0, 0.05) is 57.9 Å². The topological polar surface area (TPSA) is 110 Å². The van der Waals surface area contributed by atoms with Crippen LogP contribution in [0.5, 0.6) is 0 Å². The van der Waals surface area contributed by atoms with E-state index < -0.39 is 0 Å². The van der Waals surface area contributed by atoms with Crippen LogP contribution in [0.25, 0.3) is 0 Å². The van der Waals surface area contributed by atoms with Gasteiger partial charge in [0.2, 0.25) is 11.8 Å². The molecule has 2 unspecified atom stereocenters. The largest absolute Gasteiger partial charge is 0.294 e. The summed E-state index contributed by atoms with van der Waals surface area (Å²) in [5, 5.41) is 1.33. The molecule has 0 aromatic carbocycles. The van der Waals surface area contributed by atoms with Gasteiger partial charge in [-0.3, -0.25) is 20.4 Å². The van der Waals surface area contributed by atoms with Crippen LogP contribution in [0.4, 0.5) is 0 Å². The lowest BCUT2D eigenvalue weighted by atomic mass is 10.5. The lowest BCUT2D eigenvalue weighted by Gasteiger charge is -2.27. The number of hydrogen-bond acceptors (Lipinski definition) is 8. The van der Waals surface area contributed by atoms with Gasteiger partial charge >= 0.3 is 0 Å². The van der Waals surface area contributed by atoms with Crippen LogP contribution in [0.15, 0.2) is 0 Å². The summed E-state index contributed by atoms with van der Waals surface area (Å²) < 4.78 is 0. The van der Waals surface area contributed by atoms with Gasteiger partial charge < -0.3 is 0 Å². The fraction of sp³-hybridized carbons (Fsp3) is 0.833. The summed E-state index contributed by atoms with van der Waals surface area (Å²) in [6.07, 6.45) is 0.975. The molecule has 1 heterocycles. The molecule has 0 aromatic rings. The number of rotatable bonds is 10. The van der Waals surface area contributed by atoms with E-state index in [2.05, 4.69) is 10.9 Å². The monoisotopic (exact) mass is 384 g/mol. The Morgan fingerprint density at radius 1 is 0.909 bits per heavy atom. The van der Waals surface area contributed by atoms with Gasteiger partial charge in [-0.2, -0.15) is 47.0 Å². The molecule has 0 bridgehead atoms. The highest BCUT2D eigenvalue weighted by Gasteiger charge is 2.22. The molecule has 2 atom stereocenters. The first-order valence-corrected chi connectivity index (χ1v) is 11.4. The summed E-state index contributed by atoms with van der Waals surface area (Å²) in [6, 6.07) is 0. The minimum absolute atomic E-state index is 0.0985. The number of carbonyl (C=O) groups is 2. The number of nitrogens with one attached hydrogen (secondary N) is 2. The Morgan fingerprint density at radius 3 is 1.64 bits per heavy atom. The molecule has 10 heteroatoms. The molecule has 2 amide bonds. The zero-order chi connectivity index (χ0) is 16.2. The number of carbonyl (C=O) groups excluding carboxylic acids is 2. The lowest BCUT2D eigenvalue weighted by molar-refractivity contribution is -0.121. The molecular weight excluding hydrogens is 360 g/mol. The van der Waals surface area contributed by atoms with Crippen molar-refractivity contribution < 1.29 is 9.59 Å². The van der Waals surface area contributed by atoms with E-state index in [9.17, 15) is 9.59 Å². The second kappa shape index (κ2) is 12.7. The van der Waals surface area contributed by atoms with Crippen LogP contribution >= 0.6 is 47.0 Å². The van der Waals surface area contributed by atoms with Crippen LogP contribution in [0.1, 0.15) is 12.8 Å². The van der Waals surface area contributed by atoms with E-state index >= 15 is 0 Å². The fourth-order valence-corrected chi connectivity index (χ4v) is 7.53. The predicted octanol–water partition coefficient (Wildman–Crippen LogP) is 0.430. The minimum Gasteiger partial charge on any atom is -0.294 e. The summed E-state index contributed by atoms with van der Waals surface area (Å²) in [5.41, 5.74) is 4.30. The van der Waals surface area contributed by atoms with Crippen molar-refractivity contribution in [3.8, 4) is 0 Å². The predicted molar refractivity (Wildman–Crippen MR) is 101 cm³/mol. The Bertz CT molecular complexity index is 309. The Labute approximate surface area is 148 Å². The average Bonchev–Trinajstić information content (AvgIpc) is 2.56. The van der Waals surface area contributed by atoms with Crippen LogP contribution in [0, 0.1) is 0 Å². The van der Waals surface area contributed by atoms with Crippen molar-refractivity contribution in [1.29, 1.82) is 0 Å². The Balaban J connectivity index is 1.99. The summed E-state index contributed by atoms with van der Waals surface area (Å²) >= 11 is 7.69. The molecule has 0 spiro atoms. The van der Waals surface area contributed by atoms with E-state index in [1.165, 1.54) is 0 Å². The number of thioether (sulfide) groups is 4. The van der Waals surface area contributed by atoms with E-state index in [1.54, 1.807) is 0 Å². The molecule has 0 saturated carbocycles. The molecule has 1 aliphatic rings. The van der Waals surface area contributed by atoms with Crippen molar-refractivity contribution in [2.75, 3.05) is 34.5 Å². The molecule has 0 aliphatic carbocycles. The lowest BCUT2D eigenvalue weighted by Crippen LogP contribution is -2.30. The number of hydrazine groups is 2. The van der Waals surface area contributed by atoms with Crippen LogP contribution in [0.2, 0.25) is 0 Å². The van der Waals surface area contributed by atoms with Gasteiger partial charge in [0.05, 0.1) is 0 Å². The van der Waals surface area contributed by atoms with Gasteiger partial charge in [0.25, 0.3) is 0 Å². The summed E-state index contributed by atoms with van der Waals surface area (Å²) in [7, 11) is 0. The van der Waals surface area contributed by atoms with Crippen molar-refractivity contribution in [3.05, 3.63) is 0 Å². The molecule has 1 rings (SSSR count). The van der Waals surface area contributed by atoms with E-state index in [0.29, 0.717) is 23.3 Å². The van der Waals surface area contributed by atoms with Crippen molar-refractivity contribution in [3.63, 3.8) is 0 Å². The van der Waals surface area contributed by atoms with Gasteiger partial charge in [-0.1, -0.05) is 0 Å². The number of nitrogens with two attached hydrogens (primary N) is 2. The molecule has 6 nitrogen and oxygen atoms in total. The summed E-state index contributed by atoms with van der Waals surface area (Å²) in [5.74, 6) is 16.0. The third-order valence-electron chi connectivity index (χ3n) is 2.91. The maximum absolute atomic E-state index is 11.0. The molecule has 0 aromatic heterocycles. The maximum atomic E-state index is 11.0. The second-order valence-electron chi connectivity index (χ2n) is 4.70. The summed E-state index contributed by atoms with van der Waals surface area (Å²) in [4.78, 5) is 22.0. The van der Waals surface area contributed by atoms with Crippen LogP contribution in [-0.4, -0.2) is 56.8 Å². The first kappa shape index (κ1) is 20.3. The highest BCUT2D eigenvalue weighted by atomic mass is 32.2. The zero-order valence-electron chi connectivity index (χ0n) is 12.4. The van der Waals surface area contributed by atoms with Crippen LogP contribution in [-0.2, 0) is 9.59 Å². The molecule has 1 fully saturated rings. The van der Waals surface area contributed by atoms with Crippen molar-refractivity contribution in [2.24, 2.45) is 11.7 Å². The fourth-order valence-electron chi connectivity index (χ4n) is 1.68. The van der Waals surface area contributed by atoms with Gasteiger partial charge in [0.1, 0.15) is 0 Å². The van der Waals surface area contributed by atoms with Crippen molar-refractivity contribution >= 4 is 58.9 Å². The molecule has 1 aliphatic heterocycles. The molecule has 6 N–H and O–H groups in total. The van der Waals surface area contributed by atoms with E-state index in [-0.39, 0.29) is 11.8 Å². The Kier molecular flexibility index (Phi) is 11.7. The summed E-state index contributed by atoms with van der Waals surface area (Å²) in [6.45, 7) is 0. The van der Waals surface area contributed by atoms with Gasteiger partial charge in [-0.25, -0.2) is 11.7 Å². The maximum Gasteiger partial charge on any atom is 0.234 e. The van der Waals surface area contributed by atoms with E-state index in [4.69, 9.17) is 11.7 Å². The third kappa shape index (κ3) is 9.41. The minimum atomic E-state index is -0.0985. The first-order chi connectivity index (χ1) is 10.7.